The fourth-order valence-electron chi connectivity index (χ4n) is 3.85. The van der Waals surface area contributed by atoms with Gasteiger partial charge < -0.3 is 14.6 Å². The number of benzene rings is 2. The molecule has 4 rings (SSSR count). The van der Waals surface area contributed by atoms with Crippen molar-refractivity contribution in [3.63, 3.8) is 0 Å². The third kappa shape index (κ3) is 4.09. The number of ether oxygens (including phenoxy) is 1. The Morgan fingerprint density at radius 3 is 2.56 bits per heavy atom. The third-order valence-electron chi connectivity index (χ3n) is 5.45. The minimum atomic E-state index is -0.713. The number of nitrogens with zero attached hydrogens (tertiary/aromatic N) is 2. The molecule has 0 radical (unpaired) electrons. The van der Waals surface area contributed by atoms with Crippen LogP contribution >= 0.6 is 11.6 Å². The number of methoxy groups -OCH3 is 1. The van der Waals surface area contributed by atoms with E-state index in [0.717, 1.165) is 27.7 Å². The van der Waals surface area contributed by atoms with E-state index in [2.05, 4.69) is 14.9 Å². The molecule has 1 amide bonds. The number of hydrogen-bond donors (Lipinski definition) is 1. The van der Waals surface area contributed by atoms with Crippen molar-refractivity contribution in [2.75, 3.05) is 12.4 Å². The van der Waals surface area contributed by atoms with Gasteiger partial charge in [-0.1, -0.05) is 35.9 Å². The van der Waals surface area contributed by atoms with E-state index in [1.54, 1.807) is 12.1 Å². The van der Waals surface area contributed by atoms with Crippen LogP contribution in [0.2, 0.25) is 5.02 Å². The maximum Gasteiger partial charge on any atom is 0.296 e. The minimum Gasteiger partial charge on any atom is -0.481 e. The van der Waals surface area contributed by atoms with E-state index in [4.69, 9.17) is 16.3 Å². The SMILES string of the molecule is COc1cc(NC(=O)C(=O)c2c(C)n(Cc3ccc(Cl)cc3)c3cccc(C)c23)ccn1. The summed E-state index contributed by atoms with van der Waals surface area (Å²) < 4.78 is 7.14. The third-order valence-corrected chi connectivity index (χ3v) is 5.70. The van der Waals surface area contributed by atoms with Crippen molar-refractivity contribution in [1.82, 2.24) is 9.55 Å². The Labute approximate surface area is 190 Å². The van der Waals surface area contributed by atoms with Crippen LogP contribution in [0, 0.1) is 13.8 Å². The molecule has 0 aliphatic heterocycles. The molecule has 4 aromatic rings. The van der Waals surface area contributed by atoms with Gasteiger partial charge in [0.05, 0.1) is 12.7 Å². The molecule has 0 saturated carbocycles. The number of aryl methyl sites for hydroxylation is 1. The first-order valence-electron chi connectivity index (χ1n) is 10.1. The van der Waals surface area contributed by atoms with Crippen LogP contribution in [0.1, 0.15) is 27.2 Å². The number of nitrogens with one attached hydrogen (secondary N) is 1. The van der Waals surface area contributed by atoms with Crippen molar-refractivity contribution >= 4 is 39.9 Å². The van der Waals surface area contributed by atoms with Crippen LogP contribution in [0.3, 0.4) is 0 Å². The summed E-state index contributed by atoms with van der Waals surface area (Å²) in [6.07, 6.45) is 1.51. The van der Waals surface area contributed by atoms with Crippen LogP contribution < -0.4 is 10.1 Å². The van der Waals surface area contributed by atoms with Crippen molar-refractivity contribution in [3.05, 3.63) is 88.2 Å². The first kappa shape index (κ1) is 21.6. The number of halogens is 1. The van der Waals surface area contributed by atoms with Crippen LogP contribution in [0.4, 0.5) is 5.69 Å². The average molecular weight is 448 g/mol. The lowest BCUT2D eigenvalue weighted by atomic mass is 10.0. The molecule has 162 valence electrons. The second-order valence-electron chi connectivity index (χ2n) is 7.51. The standard InChI is InChI=1S/C25H22ClN3O3/c1-15-5-4-6-20-22(15)23(16(2)29(20)14-17-7-9-18(26)10-8-17)24(30)25(31)28-19-11-12-27-21(13-19)32-3/h4-13H,14H2,1-3H3,(H,27,28,31). The lowest BCUT2D eigenvalue weighted by molar-refractivity contribution is -0.112. The van der Waals surface area contributed by atoms with Crippen LogP contribution in [-0.2, 0) is 11.3 Å². The first-order chi connectivity index (χ1) is 15.4. The zero-order chi connectivity index (χ0) is 22.8. The second kappa shape index (κ2) is 8.85. The van der Waals surface area contributed by atoms with E-state index >= 15 is 0 Å². The molecule has 0 aliphatic rings. The zero-order valence-corrected chi connectivity index (χ0v) is 18.7. The summed E-state index contributed by atoms with van der Waals surface area (Å²) in [4.78, 5) is 30.2. The van der Waals surface area contributed by atoms with E-state index in [0.29, 0.717) is 28.7 Å². The van der Waals surface area contributed by atoms with E-state index in [1.165, 1.54) is 13.3 Å². The van der Waals surface area contributed by atoms with Gasteiger partial charge in [0.25, 0.3) is 11.7 Å². The molecular weight excluding hydrogens is 426 g/mol. The molecule has 0 aliphatic carbocycles. The minimum absolute atomic E-state index is 0.349. The molecule has 6 nitrogen and oxygen atoms in total. The topological polar surface area (TPSA) is 73.2 Å². The van der Waals surface area contributed by atoms with Crippen molar-refractivity contribution in [3.8, 4) is 5.88 Å². The highest BCUT2D eigenvalue weighted by molar-refractivity contribution is 6.48. The maximum atomic E-state index is 13.3. The molecule has 0 atom stereocenters. The van der Waals surface area contributed by atoms with Gasteiger partial charge in [-0.2, -0.15) is 0 Å². The van der Waals surface area contributed by atoms with Gasteiger partial charge in [0.2, 0.25) is 5.88 Å². The van der Waals surface area contributed by atoms with Gasteiger partial charge in [-0.3, -0.25) is 9.59 Å². The quantitative estimate of drug-likeness (QED) is 0.326. The molecule has 0 fully saturated rings. The smallest absolute Gasteiger partial charge is 0.296 e. The Kier molecular flexibility index (Phi) is 5.97. The number of amides is 1. The van der Waals surface area contributed by atoms with Gasteiger partial charge in [-0.05, 0) is 49.2 Å². The van der Waals surface area contributed by atoms with Crippen LogP contribution in [0.5, 0.6) is 5.88 Å². The van der Waals surface area contributed by atoms with Crippen molar-refractivity contribution < 1.29 is 14.3 Å². The first-order valence-corrected chi connectivity index (χ1v) is 10.5. The van der Waals surface area contributed by atoms with Gasteiger partial charge >= 0.3 is 0 Å². The molecule has 2 aromatic carbocycles. The predicted octanol–water partition coefficient (Wildman–Crippen LogP) is 5.18. The summed E-state index contributed by atoms with van der Waals surface area (Å²) >= 11 is 6.02. The number of fused-ring (bicyclic) bond motifs is 1. The molecule has 0 saturated heterocycles. The average Bonchev–Trinajstić information content (AvgIpc) is 3.07. The molecular formula is C25H22ClN3O3. The number of anilines is 1. The Balaban J connectivity index is 1.74. The number of Topliss-reactive ketones (excluding diaryl/α,β-unsaturated/α-hetero) is 1. The summed E-state index contributed by atoms with van der Waals surface area (Å²) in [5, 5.41) is 4.11. The van der Waals surface area contributed by atoms with E-state index in [1.807, 2.05) is 56.3 Å². The number of hydrogen-bond acceptors (Lipinski definition) is 4. The molecule has 0 bridgehead atoms. The molecule has 7 heteroatoms. The van der Waals surface area contributed by atoms with E-state index < -0.39 is 11.7 Å². The van der Waals surface area contributed by atoms with Crippen molar-refractivity contribution in [2.24, 2.45) is 0 Å². The highest BCUT2D eigenvalue weighted by atomic mass is 35.5. The van der Waals surface area contributed by atoms with Crippen LogP contribution in [-0.4, -0.2) is 28.4 Å². The largest absolute Gasteiger partial charge is 0.481 e. The molecule has 0 spiro atoms. The fraction of sp³-hybridized carbons (Fsp3) is 0.160. The van der Waals surface area contributed by atoms with Gasteiger partial charge in [0, 0.05) is 46.1 Å². The summed E-state index contributed by atoms with van der Waals surface area (Å²) in [5.41, 5.74) is 4.46. The predicted molar refractivity (Wildman–Crippen MR) is 126 cm³/mol. The van der Waals surface area contributed by atoms with Crippen LogP contribution in [0.25, 0.3) is 10.9 Å². The molecule has 2 heterocycles. The number of aromatic nitrogens is 2. The number of carbonyl (C=O) groups excluding carboxylic acids is 2. The summed E-state index contributed by atoms with van der Waals surface area (Å²) in [6, 6.07) is 16.6. The Morgan fingerprint density at radius 1 is 1.09 bits per heavy atom. The summed E-state index contributed by atoms with van der Waals surface area (Å²) in [6.45, 7) is 4.36. The van der Waals surface area contributed by atoms with Crippen molar-refractivity contribution in [1.29, 1.82) is 0 Å². The molecule has 0 unspecified atom stereocenters. The zero-order valence-electron chi connectivity index (χ0n) is 18.0. The Hall–Kier alpha value is -3.64. The summed E-state index contributed by atoms with van der Waals surface area (Å²) in [5.74, 6) is -0.954. The molecule has 2 aromatic heterocycles. The fourth-order valence-corrected chi connectivity index (χ4v) is 3.98. The van der Waals surface area contributed by atoms with Gasteiger partial charge in [0.1, 0.15) is 0 Å². The maximum absolute atomic E-state index is 13.3. The Morgan fingerprint density at radius 2 is 1.84 bits per heavy atom. The van der Waals surface area contributed by atoms with Gasteiger partial charge in [0.15, 0.2) is 0 Å². The van der Waals surface area contributed by atoms with E-state index in [-0.39, 0.29) is 0 Å². The lowest BCUT2D eigenvalue weighted by Crippen LogP contribution is -2.23. The number of ketones is 1. The lowest BCUT2D eigenvalue weighted by Gasteiger charge is -2.09. The monoisotopic (exact) mass is 447 g/mol. The Bertz CT molecular complexity index is 1330. The number of carbonyl (C=O) groups is 2. The number of pyridine rings is 1. The number of rotatable bonds is 6. The highest BCUT2D eigenvalue weighted by Gasteiger charge is 2.26. The molecule has 1 N–H and O–H groups in total. The van der Waals surface area contributed by atoms with Gasteiger partial charge in [-0.25, -0.2) is 4.98 Å². The summed E-state index contributed by atoms with van der Waals surface area (Å²) in [7, 11) is 1.49. The van der Waals surface area contributed by atoms with Crippen LogP contribution in [0.15, 0.2) is 60.8 Å². The highest BCUT2D eigenvalue weighted by Crippen LogP contribution is 2.30. The van der Waals surface area contributed by atoms with Crippen molar-refractivity contribution in [2.45, 2.75) is 20.4 Å². The molecule has 32 heavy (non-hydrogen) atoms. The van der Waals surface area contributed by atoms with Gasteiger partial charge in [-0.15, -0.1) is 0 Å². The normalized spacial score (nSPS) is 10.9. The second-order valence-corrected chi connectivity index (χ2v) is 7.95. The van der Waals surface area contributed by atoms with E-state index in [9.17, 15) is 9.59 Å².